The van der Waals surface area contributed by atoms with Crippen LogP contribution in [0.15, 0.2) is 71.6 Å². The Balaban J connectivity index is 2.08. The number of carbonyl (C=O) groups is 2. The Bertz CT molecular complexity index is 1450. The van der Waals surface area contributed by atoms with E-state index in [1.807, 2.05) is 13.8 Å². The molecule has 9 nitrogen and oxygen atoms in total. The first kappa shape index (κ1) is 31.8. The van der Waals surface area contributed by atoms with Gasteiger partial charge < -0.3 is 19.7 Å². The Hall–Kier alpha value is -3.76. The molecule has 3 aromatic rings. The number of hydrogen-bond donors (Lipinski definition) is 1. The normalized spacial score (nSPS) is 11.9. The Morgan fingerprint density at radius 3 is 2.22 bits per heavy atom. The second kappa shape index (κ2) is 14.2. The Kier molecular flexibility index (Phi) is 11.0. The van der Waals surface area contributed by atoms with Crippen molar-refractivity contribution in [3.8, 4) is 11.5 Å². The molecule has 41 heavy (non-hydrogen) atoms. The van der Waals surface area contributed by atoms with Crippen molar-refractivity contribution in [3.05, 3.63) is 82.9 Å². The van der Waals surface area contributed by atoms with Crippen molar-refractivity contribution in [3.63, 3.8) is 0 Å². The second-order valence-corrected chi connectivity index (χ2v) is 11.8. The van der Waals surface area contributed by atoms with E-state index in [0.717, 1.165) is 21.9 Å². The molecule has 0 aliphatic rings. The standard InChI is InChI=1S/C30H36ClN3O6S/c1-6-17-32-30(36)22(3)33(19-23-9-12-25(39-4)13-10-23)29(35)20-34(27-18-24(31)11-16-28(27)40-5)41(37,38)26-14-7-21(2)8-15-26/h7-16,18,22H,6,17,19-20H2,1-5H3,(H,32,36). The summed E-state index contributed by atoms with van der Waals surface area (Å²) in [5, 5.41) is 3.09. The number of nitrogens with zero attached hydrogens (tertiary/aromatic N) is 2. The van der Waals surface area contributed by atoms with Crippen molar-refractivity contribution in [2.75, 3.05) is 31.6 Å². The summed E-state index contributed by atoms with van der Waals surface area (Å²) in [5.74, 6) is -0.0724. The lowest BCUT2D eigenvalue weighted by molar-refractivity contribution is -0.139. The average Bonchev–Trinajstić information content (AvgIpc) is 2.97. The second-order valence-electron chi connectivity index (χ2n) is 9.48. The van der Waals surface area contributed by atoms with Gasteiger partial charge in [0.15, 0.2) is 0 Å². The highest BCUT2D eigenvalue weighted by Crippen LogP contribution is 2.35. The van der Waals surface area contributed by atoms with Gasteiger partial charge in [-0.15, -0.1) is 0 Å². The monoisotopic (exact) mass is 601 g/mol. The molecule has 3 rings (SSSR count). The van der Waals surface area contributed by atoms with E-state index in [9.17, 15) is 18.0 Å². The number of hydrogen-bond acceptors (Lipinski definition) is 6. The van der Waals surface area contributed by atoms with E-state index >= 15 is 0 Å². The number of anilines is 1. The molecule has 0 spiro atoms. The molecule has 2 amide bonds. The minimum Gasteiger partial charge on any atom is -0.497 e. The van der Waals surface area contributed by atoms with E-state index in [2.05, 4.69) is 5.32 Å². The average molecular weight is 602 g/mol. The van der Waals surface area contributed by atoms with Gasteiger partial charge in [-0.2, -0.15) is 0 Å². The maximum absolute atomic E-state index is 14.0. The van der Waals surface area contributed by atoms with E-state index in [-0.39, 0.29) is 33.8 Å². The lowest BCUT2D eigenvalue weighted by Gasteiger charge is -2.32. The Morgan fingerprint density at radius 1 is 0.976 bits per heavy atom. The summed E-state index contributed by atoms with van der Waals surface area (Å²) in [7, 11) is -1.30. The van der Waals surface area contributed by atoms with Crippen LogP contribution < -0.4 is 19.1 Å². The number of benzene rings is 3. The van der Waals surface area contributed by atoms with Crippen LogP contribution in [0.25, 0.3) is 0 Å². The van der Waals surface area contributed by atoms with Crippen LogP contribution in [0, 0.1) is 6.92 Å². The number of aryl methyl sites for hydroxylation is 1. The van der Waals surface area contributed by atoms with Crippen LogP contribution in [-0.4, -0.2) is 58.5 Å². The quantitative estimate of drug-likeness (QED) is 0.302. The third-order valence-corrected chi connectivity index (χ3v) is 8.53. The van der Waals surface area contributed by atoms with E-state index in [1.54, 1.807) is 56.5 Å². The Morgan fingerprint density at radius 2 is 1.63 bits per heavy atom. The summed E-state index contributed by atoms with van der Waals surface area (Å²) in [6.45, 7) is 5.30. The first-order valence-corrected chi connectivity index (χ1v) is 15.0. The topological polar surface area (TPSA) is 105 Å². The first-order chi connectivity index (χ1) is 19.5. The van der Waals surface area contributed by atoms with Gasteiger partial charge in [-0.25, -0.2) is 8.42 Å². The number of rotatable bonds is 13. The highest BCUT2D eigenvalue weighted by Gasteiger charge is 2.34. The number of amides is 2. The molecule has 0 aliphatic carbocycles. The summed E-state index contributed by atoms with van der Waals surface area (Å²) in [4.78, 5) is 28.4. The van der Waals surface area contributed by atoms with Crippen LogP contribution in [0.3, 0.4) is 0 Å². The number of sulfonamides is 1. The third-order valence-electron chi connectivity index (χ3n) is 6.53. The molecule has 0 aliphatic heterocycles. The predicted molar refractivity (Wildman–Crippen MR) is 160 cm³/mol. The number of nitrogens with one attached hydrogen (secondary N) is 1. The van der Waals surface area contributed by atoms with Crippen LogP contribution in [0.2, 0.25) is 5.02 Å². The molecular formula is C30H36ClN3O6S. The van der Waals surface area contributed by atoms with Crippen molar-refractivity contribution in [2.45, 2.75) is 44.7 Å². The van der Waals surface area contributed by atoms with Crippen molar-refractivity contribution in [2.24, 2.45) is 0 Å². The highest BCUT2D eigenvalue weighted by molar-refractivity contribution is 7.92. The van der Waals surface area contributed by atoms with Gasteiger partial charge in [0.05, 0.1) is 24.8 Å². The van der Waals surface area contributed by atoms with Gasteiger partial charge in [-0.3, -0.25) is 13.9 Å². The van der Waals surface area contributed by atoms with Gasteiger partial charge in [0.2, 0.25) is 11.8 Å². The molecule has 0 fully saturated rings. The zero-order chi connectivity index (χ0) is 30.2. The van der Waals surface area contributed by atoms with Crippen LogP contribution in [0.4, 0.5) is 5.69 Å². The SMILES string of the molecule is CCCNC(=O)C(C)N(Cc1ccc(OC)cc1)C(=O)CN(c1cc(Cl)ccc1OC)S(=O)(=O)c1ccc(C)cc1. The van der Waals surface area contributed by atoms with Crippen LogP contribution >= 0.6 is 11.6 Å². The molecule has 3 aromatic carbocycles. The smallest absolute Gasteiger partial charge is 0.264 e. The summed E-state index contributed by atoms with van der Waals surface area (Å²) in [5.41, 5.74) is 1.72. The van der Waals surface area contributed by atoms with Crippen molar-refractivity contribution < 1.29 is 27.5 Å². The van der Waals surface area contributed by atoms with Crippen LogP contribution in [-0.2, 0) is 26.2 Å². The summed E-state index contributed by atoms with van der Waals surface area (Å²) in [6.07, 6.45) is 0.724. The van der Waals surface area contributed by atoms with Crippen LogP contribution in [0.1, 0.15) is 31.4 Å². The fraction of sp³-hybridized carbons (Fsp3) is 0.333. The molecule has 1 N–H and O–H groups in total. The fourth-order valence-corrected chi connectivity index (χ4v) is 5.70. The lowest BCUT2D eigenvalue weighted by atomic mass is 10.1. The maximum Gasteiger partial charge on any atom is 0.264 e. The van der Waals surface area contributed by atoms with Gasteiger partial charge in [-0.1, -0.05) is 48.4 Å². The number of halogens is 1. The Labute approximate surface area is 247 Å². The predicted octanol–water partition coefficient (Wildman–Crippen LogP) is 4.80. The molecule has 0 aromatic heterocycles. The van der Waals surface area contributed by atoms with Crippen LogP contribution in [0.5, 0.6) is 11.5 Å². The molecule has 0 heterocycles. The minimum atomic E-state index is -4.26. The molecule has 11 heteroatoms. The third kappa shape index (κ3) is 7.92. The van der Waals surface area contributed by atoms with Crippen molar-refractivity contribution in [1.82, 2.24) is 10.2 Å². The zero-order valence-electron chi connectivity index (χ0n) is 23.9. The summed E-state index contributed by atoms with van der Waals surface area (Å²) < 4.78 is 39.7. The maximum atomic E-state index is 14.0. The largest absolute Gasteiger partial charge is 0.497 e. The van der Waals surface area contributed by atoms with Gasteiger partial charge >= 0.3 is 0 Å². The van der Waals surface area contributed by atoms with Gasteiger partial charge in [0.1, 0.15) is 24.1 Å². The van der Waals surface area contributed by atoms with Gasteiger partial charge in [-0.05, 0) is 68.3 Å². The summed E-state index contributed by atoms with van der Waals surface area (Å²) >= 11 is 6.27. The highest BCUT2D eigenvalue weighted by atomic mass is 35.5. The molecule has 0 saturated carbocycles. The van der Waals surface area contributed by atoms with E-state index < -0.39 is 28.5 Å². The van der Waals surface area contributed by atoms with E-state index in [4.69, 9.17) is 21.1 Å². The molecule has 1 atom stereocenters. The molecule has 220 valence electrons. The molecule has 0 saturated heterocycles. The summed E-state index contributed by atoms with van der Waals surface area (Å²) in [6, 6.07) is 17.1. The lowest BCUT2D eigenvalue weighted by Crippen LogP contribution is -2.51. The van der Waals surface area contributed by atoms with E-state index in [0.29, 0.717) is 12.3 Å². The van der Waals surface area contributed by atoms with E-state index in [1.165, 1.54) is 36.3 Å². The molecular weight excluding hydrogens is 566 g/mol. The number of ether oxygens (including phenoxy) is 2. The first-order valence-electron chi connectivity index (χ1n) is 13.1. The van der Waals surface area contributed by atoms with Crippen molar-refractivity contribution >= 4 is 39.1 Å². The van der Waals surface area contributed by atoms with Crippen molar-refractivity contribution in [1.29, 1.82) is 0 Å². The number of carbonyl (C=O) groups excluding carboxylic acids is 2. The zero-order valence-corrected chi connectivity index (χ0v) is 25.5. The molecule has 0 radical (unpaired) electrons. The number of methoxy groups -OCH3 is 2. The van der Waals surface area contributed by atoms with Gasteiger partial charge in [0, 0.05) is 18.1 Å². The fourth-order valence-electron chi connectivity index (χ4n) is 4.12. The minimum absolute atomic E-state index is 0.00614. The molecule has 0 bridgehead atoms. The molecule has 1 unspecified atom stereocenters. The van der Waals surface area contributed by atoms with Gasteiger partial charge in [0.25, 0.3) is 10.0 Å².